The van der Waals surface area contributed by atoms with Crippen LogP contribution in [0.15, 0.2) is 60.9 Å². The summed E-state index contributed by atoms with van der Waals surface area (Å²) in [6.07, 6.45) is 4.27. The minimum atomic E-state index is -2.46. The molecule has 7 rings (SSSR count). The molecule has 1 aromatic carbocycles. The van der Waals surface area contributed by atoms with Gasteiger partial charge in [0, 0.05) is 35.9 Å². The van der Waals surface area contributed by atoms with E-state index in [9.17, 15) is 8.78 Å². The average Bonchev–Trinajstić information content (AvgIpc) is 3.58. The maximum Gasteiger partial charge on any atom is 0.257 e. The molecule has 2 atom stereocenters. The van der Waals surface area contributed by atoms with Gasteiger partial charge in [-0.25, -0.2) is 23.7 Å². The first-order valence-electron chi connectivity index (χ1n) is 15.0. The van der Waals surface area contributed by atoms with Gasteiger partial charge >= 0.3 is 0 Å². The lowest BCUT2D eigenvalue weighted by molar-refractivity contribution is -0.0595. The molecule has 2 saturated heterocycles. The van der Waals surface area contributed by atoms with Gasteiger partial charge < -0.3 is 14.0 Å². The third kappa shape index (κ3) is 5.83. The van der Waals surface area contributed by atoms with Crippen LogP contribution in [0.1, 0.15) is 55.2 Å². The van der Waals surface area contributed by atoms with Crippen LogP contribution in [0.4, 0.5) is 8.78 Å². The minimum absolute atomic E-state index is 0.159. The summed E-state index contributed by atoms with van der Waals surface area (Å²) in [7, 11) is 0. The molecule has 2 aliphatic rings. The molecule has 5 aromatic rings. The van der Waals surface area contributed by atoms with Gasteiger partial charge in [0.2, 0.25) is 5.88 Å². The Morgan fingerprint density at radius 2 is 1.91 bits per heavy atom. The molecule has 0 amide bonds. The molecular weight excluding hydrogens is 552 g/mol. The molecule has 6 heterocycles. The topological polar surface area (TPSA) is 83.1 Å². The molecule has 11 heteroatoms. The minimum Gasteiger partial charge on any atom is -0.473 e. The number of imidazole rings is 1. The number of nitrogens with zero attached hydrogens (tertiary/aromatic N) is 7. The zero-order chi connectivity index (χ0) is 29.3. The van der Waals surface area contributed by atoms with E-state index in [4.69, 9.17) is 19.4 Å². The fraction of sp³-hybridized carbons (Fsp3) is 0.438. The van der Waals surface area contributed by atoms with Gasteiger partial charge in [-0.1, -0.05) is 18.2 Å². The summed E-state index contributed by atoms with van der Waals surface area (Å²) in [4.78, 5) is 17.0. The third-order valence-corrected chi connectivity index (χ3v) is 8.73. The summed E-state index contributed by atoms with van der Waals surface area (Å²) >= 11 is 0. The van der Waals surface area contributed by atoms with Gasteiger partial charge in [0.15, 0.2) is 5.65 Å². The Labute approximate surface area is 248 Å². The highest BCUT2D eigenvalue weighted by atomic mass is 19.3. The van der Waals surface area contributed by atoms with E-state index < -0.39 is 13.0 Å². The molecule has 4 aromatic heterocycles. The van der Waals surface area contributed by atoms with Crippen molar-refractivity contribution in [1.82, 2.24) is 34.2 Å². The van der Waals surface area contributed by atoms with E-state index in [2.05, 4.69) is 32.5 Å². The molecule has 0 N–H and O–H groups in total. The van der Waals surface area contributed by atoms with Gasteiger partial charge in [0.05, 0.1) is 30.4 Å². The van der Waals surface area contributed by atoms with Crippen molar-refractivity contribution in [3.8, 4) is 5.88 Å². The number of aromatic nitrogens is 6. The molecule has 2 aliphatic heterocycles. The quantitative estimate of drug-likeness (QED) is 0.206. The highest BCUT2D eigenvalue weighted by Crippen LogP contribution is 2.33. The number of piperidine rings is 1. The number of alkyl halides is 2. The van der Waals surface area contributed by atoms with Crippen LogP contribution in [-0.4, -0.2) is 66.4 Å². The Hall–Kier alpha value is -3.96. The zero-order valence-electron chi connectivity index (χ0n) is 24.1. The molecule has 2 fully saturated rings. The van der Waals surface area contributed by atoms with Crippen molar-refractivity contribution in [2.45, 2.75) is 70.4 Å². The number of benzene rings is 1. The van der Waals surface area contributed by atoms with Crippen molar-refractivity contribution in [1.29, 1.82) is 0 Å². The third-order valence-electron chi connectivity index (χ3n) is 8.73. The largest absolute Gasteiger partial charge is 0.473 e. The summed E-state index contributed by atoms with van der Waals surface area (Å²) in [6.45, 7) is 5.61. The lowest BCUT2D eigenvalue weighted by Crippen LogP contribution is -2.37. The first-order valence-corrected chi connectivity index (χ1v) is 15.0. The lowest BCUT2D eigenvalue weighted by atomic mass is 9.92. The van der Waals surface area contributed by atoms with E-state index >= 15 is 0 Å². The van der Waals surface area contributed by atoms with Crippen LogP contribution in [0.5, 0.6) is 5.88 Å². The zero-order valence-corrected chi connectivity index (χ0v) is 24.1. The van der Waals surface area contributed by atoms with Crippen molar-refractivity contribution in [2.24, 2.45) is 0 Å². The van der Waals surface area contributed by atoms with E-state index in [1.165, 1.54) is 4.68 Å². The number of rotatable bonds is 10. The smallest absolute Gasteiger partial charge is 0.257 e. The van der Waals surface area contributed by atoms with Gasteiger partial charge in [0.1, 0.15) is 24.5 Å². The van der Waals surface area contributed by atoms with E-state index in [0.717, 1.165) is 79.1 Å². The Kier molecular flexibility index (Phi) is 7.75. The summed E-state index contributed by atoms with van der Waals surface area (Å²) < 4.78 is 41.2. The summed E-state index contributed by atoms with van der Waals surface area (Å²) in [6, 6.07) is 15.7. The van der Waals surface area contributed by atoms with Gasteiger partial charge in [-0.05, 0) is 69.1 Å². The lowest BCUT2D eigenvalue weighted by Gasteiger charge is -2.36. The van der Waals surface area contributed by atoms with Crippen LogP contribution in [0, 0.1) is 0 Å². The first-order chi connectivity index (χ1) is 21.0. The van der Waals surface area contributed by atoms with Crippen molar-refractivity contribution in [2.75, 3.05) is 19.7 Å². The predicted molar refractivity (Wildman–Crippen MR) is 158 cm³/mol. The Balaban J connectivity index is 0.994. The molecule has 0 saturated carbocycles. The molecule has 224 valence electrons. The second kappa shape index (κ2) is 12.0. The van der Waals surface area contributed by atoms with Crippen LogP contribution in [-0.2, 0) is 24.4 Å². The van der Waals surface area contributed by atoms with Crippen molar-refractivity contribution < 1.29 is 18.3 Å². The van der Waals surface area contributed by atoms with Crippen LogP contribution < -0.4 is 4.74 Å². The normalized spacial score (nSPS) is 18.8. The second-order valence-corrected chi connectivity index (χ2v) is 11.5. The van der Waals surface area contributed by atoms with Crippen LogP contribution in [0.2, 0.25) is 0 Å². The molecule has 9 nitrogen and oxygen atoms in total. The second-order valence-electron chi connectivity index (χ2n) is 11.5. The summed E-state index contributed by atoms with van der Waals surface area (Å²) in [5.41, 5.74) is 4.44. The van der Waals surface area contributed by atoms with Crippen LogP contribution in [0.25, 0.3) is 22.1 Å². The van der Waals surface area contributed by atoms with Crippen molar-refractivity contribution in [3.05, 3.63) is 78.0 Å². The van der Waals surface area contributed by atoms with Gasteiger partial charge in [0.25, 0.3) is 6.43 Å². The standard InChI is InChI=1S/C32H35F2N7O2/c1-21(31-38-27-5-3-12-35-32(27)40(31)18-25-11-15-42-25)39-13-9-23(10-14-39)26-4-2-6-30(37-26)43-20-22-7-8-24-17-36-41(19-29(33)34)28(24)16-22/h2-8,12,16-17,21,23,25,29H,9-11,13-15,18-20H2,1H3/t21-,25-/m0/s1. The van der Waals surface area contributed by atoms with E-state index in [1.54, 1.807) is 6.20 Å². The number of hydrogen-bond donors (Lipinski definition) is 0. The van der Waals surface area contributed by atoms with Gasteiger partial charge in [-0.3, -0.25) is 9.58 Å². The Bertz CT molecular complexity index is 1710. The van der Waals surface area contributed by atoms with Crippen LogP contribution in [0.3, 0.4) is 0 Å². The number of hydrogen-bond acceptors (Lipinski definition) is 7. The van der Waals surface area contributed by atoms with Crippen molar-refractivity contribution in [3.63, 3.8) is 0 Å². The summed E-state index contributed by atoms with van der Waals surface area (Å²) in [5, 5.41) is 4.92. The number of fused-ring (bicyclic) bond motifs is 2. The molecule has 0 unspecified atom stereocenters. The summed E-state index contributed by atoms with van der Waals surface area (Å²) in [5.74, 6) is 1.96. The molecule has 0 aliphatic carbocycles. The van der Waals surface area contributed by atoms with E-state index in [1.807, 2.05) is 48.7 Å². The maximum atomic E-state index is 12.9. The predicted octanol–water partition coefficient (Wildman–Crippen LogP) is 5.75. The van der Waals surface area contributed by atoms with Gasteiger partial charge in [-0.15, -0.1) is 0 Å². The molecule has 0 spiro atoms. The molecule has 43 heavy (non-hydrogen) atoms. The number of likely N-dealkylation sites (tertiary alicyclic amines) is 1. The van der Waals surface area contributed by atoms with Crippen molar-refractivity contribution >= 4 is 22.1 Å². The molecule has 0 radical (unpaired) electrons. The highest BCUT2D eigenvalue weighted by Gasteiger charge is 2.30. The Morgan fingerprint density at radius 3 is 2.70 bits per heavy atom. The average molecular weight is 588 g/mol. The number of pyridine rings is 2. The van der Waals surface area contributed by atoms with E-state index in [-0.39, 0.29) is 12.1 Å². The van der Waals surface area contributed by atoms with Gasteiger partial charge in [-0.2, -0.15) is 5.10 Å². The Morgan fingerprint density at radius 1 is 1.05 bits per heavy atom. The first kappa shape index (κ1) is 27.8. The molecule has 0 bridgehead atoms. The monoisotopic (exact) mass is 587 g/mol. The number of halogens is 2. The number of ether oxygens (including phenoxy) is 2. The fourth-order valence-electron chi connectivity index (χ4n) is 6.23. The van der Waals surface area contributed by atoms with Crippen LogP contribution >= 0.6 is 0 Å². The van der Waals surface area contributed by atoms with E-state index in [0.29, 0.717) is 23.9 Å². The molecular formula is C32H35F2N7O2. The highest BCUT2D eigenvalue weighted by molar-refractivity contribution is 5.79. The maximum absolute atomic E-state index is 12.9. The fourth-order valence-corrected chi connectivity index (χ4v) is 6.23. The SMILES string of the molecule is C[C@@H](c1nc2cccnc2n1C[C@@H]1CCO1)N1CCC(c2cccc(OCc3ccc4cnn(CC(F)F)c4c3)n2)CC1.